The third-order valence-electron chi connectivity index (χ3n) is 4.43. The predicted octanol–water partition coefficient (Wildman–Crippen LogP) is 1.39. The number of carbonyl (C=O) groups is 1. The maximum Gasteiger partial charge on any atom is 0.237 e. The van der Waals surface area contributed by atoms with Crippen LogP contribution < -0.4 is 10.6 Å². The van der Waals surface area contributed by atoms with Gasteiger partial charge in [-0.2, -0.15) is 5.10 Å². The van der Waals surface area contributed by atoms with E-state index in [2.05, 4.69) is 15.7 Å². The van der Waals surface area contributed by atoms with Crippen LogP contribution in [-0.2, 0) is 4.79 Å². The summed E-state index contributed by atoms with van der Waals surface area (Å²) in [6.45, 7) is 6.44. The van der Waals surface area contributed by atoms with Gasteiger partial charge in [0.05, 0.1) is 29.6 Å². The van der Waals surface area contributed by atoms with Gasteiger partial charge in [-0.05, 0) is 51.0 Å². The molecule has 2 aromatic rings. The monoisotopic (exact) mass is 328 g/mol. The van der Waals surface area contributed by atoms with Crippen molar-refractivity contribution in [1.29, 1.82) is 0 Å². The molecule has 1 fully saturated rings. The summed E-state index contributed by atoms with van der Waals surface area (Å²) in [5, 5.41) is 20.0. The Morgan fingerprint density at radius 3 is 2.62 bits per heavy atom. The number of amides is 1. The molecule has 6 heteroatoms. The minimum Gasteiger partial charge on any atom is -0.392 e. The van der Waals surface area contributed by atoms with E-state index >= 15 is 0 Å². The van der Waals surface area contributed by atoms with Gasteiger partial charge in [0, 0.05) is 12.2 Å². The fourth-order valence-corrected chi connectivity index (χ4v) is 3.11. The molecule has 6 nitrogen and oxygen atoms in total. The normalized spacial score (nSPS) is 21.7. The van der Waals surface area contributed by atoms with Crippen molar-refractivity contribution in [2.75, 3.05) is 6.54 Å². The van der Waals surface area contributed by atoms with Crippen LogP contribution in [0.2, 0.25) is 0 Å². The number of aryl methyl sites for hydroxylation is 2. The highest BCUT2D eigenvalue weighted by Gasteiger charge is 2.28. The number of β-amino-alcohol motifs (C(OH)–C–C–N with tert-alkyl or cyclic N) is 1. The number of aliphatic hydroxyl groups is 1. The Kier molecular flexibility index (Phi) is 4.69. The van der Waals surface area contributed by atoms with Crippen molar-refractivity contribution in [1.82, 2.24) is 20.4 Å². The van der Waals surface area contributed by atoms with Gasteiger partial charge in [-0.1, -0.05) is 12.1 Å². The fraction of sp³-hybridized carbons (Fsp3) is 0.444. The number of aliphatic hydroxyl groups excluding tert-OH is 1. The van der Waals surface area contributed by atoms with Crippen LogP contribution in [0.1, 0.15) is 36.3 Å². The second kappa shape index (κ2) is 6.75. The standard InChI is InChI=1S/C18H24N4O2/c1-11-8-12(2)22(21-11)15-6-4-14(5-7-15)13(3)20-18(24)17-9-16(23)10-19-17/h4-8,13,16-17,19,23H,9-10H2,1-3H3,(H,20,24). The molecule has 0 spiro atoms. The molecular weight excluding hydrogens is 304 g/mol. The number of benzene rings is 1. The SMILES string of the molecule is Cc1cc(C)n(-c2ccc(C(C)NC(=O)C3CC(O)CN3)cc2)n1. The smallest absolute Gasteiger partial charge is 0.237 e. The van der Waals surface area contributed by atoms with E-state index in [-0.39, 0.29) is 18.0 Å². The topological polar surface area (TPSA) is 79.2 Å². The van der Waals surface area contributed by atoms with Crippen molar-refractivity contribution in [3.63, 3.8) is 0 Å². The van der Waals surface area contributed by atoms with E-state index in [4.69, 9.17) is 0 Å². The van der Waals surface area contributed by atoms with Gasteiger partial charge in [-0.25, -0.2) is 4.68 Å². The molecule has 0 aliphatic carbocycles. The first-order valence-electron chi connectivity index (χ1n) is 8.29. The van der Waals surface area contributed by atoms with E-state index in [1.807, 2.05) is 55.8 Å². The molecule has 24 heavy (non-hydrogen) atoms. The molecule has 1 amide bonds. The van der Waals surface area contributed by atoms with Gasteiger partial charge in [0.25, 0.3) is 0 Å². The molecule has 1 saturated heterocycles. The van der Waals surface area contributed by atoms with Crippen LogP contribution in [0.25, 0.3) is 5.69 Å². The third kappa shape index (κ3) is 3.49. The van der Waals surface area contributed by atoms with Crippen molar-refractivity contribution in [2.24, 2.45) is 0 Å². The summed E-state index contributed by atoms with van der Waals surface area (Å²) in [4.78, 5) is 12.2. The summed E-state index contributed by atoms with van der Waals surface area (Å²) in [5.41, 5.74) is 4.12. The first-order valence-corrected chi connectivity index (χ1v) is 8.29. The Hall–Kier alpha value is -2.18. The largest absolute Gasteiger partial charge is 0.392 e. The second-order valence-corrected chi connectivity index (χ2v) is 6.51. The lowest BCUT2D eigenvalue weighted by Gasteiger charge is -2.18. The van der Waals surface area contributed by atoms with Crippen LogP contribution in [0, 0.1) is 13.8 Å². The van der Waals surface area contributed by atoms with E-state index in [1.54, 1.807) is 0 Å². The Bertz CT molecular complexity index is 723. The van der Waals surface area contributed by atoms with Gasteiger partial charge >= 0.3 is 0 Å². The van der Waals surface area contributed by atoms with E-state index in [9.17, 15) is 9.90 Å². The minimum atomic E-state index is -0.434. The van der Waals surface area contributed by atoms with Gasteiger partial charge in [-0.15, -0.1) is 0 Å². The van der Waals surface area contributed by atoms with Crippen molar-refractivity contribution in [2.45, 2.75) is 45.4 Å². The summed E-state index contributed by atoms with van der Waals surface area (Å²) in [6, 6.07) is 9.67. The number of nitrogens with one attached hydrogen (secondary N) is 2. The highest BCUT2D eigenvalue weighted by Crippen LogP contribution is 2.18. The highest BCUT2D eigenvalue weighted by molar-refractivity contribution is 5.82. The van der Waals surface area contributed by atoms with Crippen molar-refractivity contribution < 1.29 is 9.90 Å². The number of hydrogen-bond acceptors (Lipinski definition) is 4. The maximum absolute atomic E-state index is 12.2. The molecule has 128 valence electrons. The quantitative estimate of drug-likeness (QED) is 0.792. The molecular formula is C18H24N4O2. The molecule has 3 atom stereocenters. The molecule has 1 aromatic carbocycles. The molecule has 0 radical (unpaired) electrons. The average molecular weight is 328 g/mol. The predicted molar refractivity (Wildman–Crippen MR) is 92.0 cm³/mol. The first-order chi connectivity index (χ1) is 11.4. The van der Waals surface area contributed by atoms with Crippen molar-refractivity contribution in [3.05, 3.63) is 47.3 Å². The molecule has 0 bridgehead atoms. The zero-order valence-electron chi connectivity index (χ0n) is 14.3. The summed E-state index contributed by atoms with van der Waals surface area (Å²) < 4.78 is 1.91. The lowest BCUT2D eigenvalue weighted by molar-refractivity contribution is -0.123. The lowest BCUT2D eigenvalue weighted by atomic mass is 10.1. The number of nitrogens with zero attached hydrogens (tertiary/aromatic N) is 2. The van der Waals surface area contributed by atoms with Crippen LogP contribution in [0.3, 0.4) is 0 Å². The lowest BCUT2D eigenvalue weighted by Crippen LogP contribution is -2.41. The van der Waals surface area contributed by atoms with E-state index in [0.717, 1.165) is 22.6 Å². The average Bonchev–Trinajstić information content (AvgIpc) is 3.13. The van der Waals surface area contributed by atoms with Gasteiger partial charge < -0.3 is 15.7 Å². The van der Waals surface area contributed by atoms with Gasteiger partial charge in [0.15, 0.2) is 0 Å². The van der Waals surface area contributed by atoms with Crippen molar-refractivity contribution >= 4 is 5.91 Å². The second-order valence-electron chi connectivity index (χ2n) is 6.51. The first kappa shape index (κ1) is 16.7. The zero-order valence-corrected chi connectivity index (χ0v) is 14.3. The Labute approximate surface area is 141 Å². The summed E-state index contributed by atoms with van der Waals surface area (Å²) in [5.74, 6) is -0.0679. The zero-order chi connectivity index (χ0) is 17.3. The van der Waals surface area contributed by atoms with E-state index in [0.29, 0.717) is 13.0 Å². The molecule has 3 N–H and O–H groups in total. The number of hydrogen-bond donors (Lipinski definition) is 3. The molecule has 3 unspecified atom stereocenters. The molecule has 1 aromatic heterocycles. The van der Waals surface area contributed by atoms with E-state index < -0.39 is 6.10 Å². The summed E-state index contributed by atoms with van der Waals surface area (Å²) in [6.07, 6.45) is 0.0335. The van der Waals surface area contributed by atoms with Gasteiger partial charge in [0.1, 0.15) is 0 Å². The maximum atomic E-state index is 12.2. The van der Waals surface area contributed by atoms with Crippen LogP contribution in [0.15, 0.2) is 30.3 Å². The van der Waals surface area contributed by atoms with Gasteiger partial charge in [0.2, 0.25) is 5.91 Å². The Morgan fingerprint density at radius 2 is 2.08 bits per heavy atom. The fourth-order valence-electron chi connectivity index (χ4n) is 3.11. The molecule has 0 saturated carbocycles. The third-order valence-corrected chi connectivity index (χ3v) is 4.43. The van der Waals surface area contributed by atoms with Crippen LogP contribution in [0.5, 0.6) is 0 Å². The highest BCUT2D eigenvalue weighted by atomic mass is 16.3. The van der Waals surface area contributed by atoms with Crippen molar-refractivity contribution in [3.8, 4) is 5.69 Å². The number of carbonyl (C=O) groups excluding carboxylic acids is 1. The summed E-state index contributed by atoms with van der Waals surface area (Å²) >= 11 is 0. The number of rotatable bonds is 4. The Balaban J connectivity index is 1.66. The number of aromatic nitrogens is 2. The molecule has 3 rings (SSSR count). The van der Waals surface area contributed by atoms with E-state index in [1.165, 1.54) is 0 Å². The summed E-state index contributed by atoms with van der Waals surface area (Å²) in [7, 11) is 0. The Morgan fingerprint density at radius 1 is 1.38 bits per heavy atom. The van der Waals surface area contributed by atoms with Crippen LogP contribution >= 0.6 is 0 Å². The minimum absolute atomic E-state index is 0.0679. The van der Waals surface area contributed by atoms with Crippen LogP contribution in [-0.4, -0.2) is 39.5 Å². The van der Waals surface area contributed by atoms with Gasteiger partial charge in [-0.3, -0.25) is 4.79 Å². The molecule has 1 aliphatic rings. The molecule has 2 heterocycles. The molecule has 1 aliphatic heterocycles. The van der Waals surface area contributed by atoms with Crippen LogP contribution in [0.4, 0.5) is 0 Å².